The Balaban J connectivity index is 2.59. The van der Waals surface area contributed by atoms with Gasteiger partial charge in [0.25, 0.3) is 0 Å². The Labute approximate surface area is 84.1 Å². The van der Waals surface area contributed by atoms with Gasteiger partial charge in [0.15, 0.2) is 0 Å². The normalized spacial score (nSPS) is 11.9. The number of amides is 1. The van der Waals surface area contributed by atoms with Crippen LogP contribution in [0, 0.1) is 0 Å². The summed E-state index contributed by atoms with van der Waals surface area (Å²) in [6, 6.07) is 7.31. The maximum atomic E-state index is 10.1. The van der Waals surface area contributed by atoms with E-state index in [-0.39, 0.29) is 6.10 Å². The van der Waals surface area contributed by atoms with Gasteiger partial charge in [-0.3, -0.25) is 4.79 Å². The van der Waals surface area contributed by atoms with Crippen molar-refractivity contribution < 1.29 is 9.53 Å². The molecule has 0 aliphatic heterocycles. The number of hydrogen-bond acceptors (Lipinski definition) is 2. The van der Waals surface area contributed by atoms with Crippen molar-refractivity contribution in [3.05, 3.63) is 24.3 Å². The second-order valence-electron chi connectivity index (χ2n) is 3.12. The molecular formula is C11H15NO2. The fourth-order valence-corrected chi connectivity index (χ4v) is 1.01. The Morgan fingerprint density at radius 2 is 2.07 bits per heavy atom. The van der Waals surface area contributed by atoms with Crippen LogP contribution in [0.1, 0.15) is 20.3 Å². The van der Waals surface area contributed by atoms with Crippen LogP contribution in [0.25, 0.3) is 0 Å². The largest absolute Gasteiger partial charge is 0.491 e. The van der Waals surface area contributed by atoms with Crippen molar-refractivity contribution >= 4 is 12.1 Å². The maximum Gasteiger partial charge on any atom is 0.211 e. The average molecular weight is 193 g/mol. The lowest BCUT2D eigenvalue weighted by molar-refractivity contribution is -0.105. The van der Waals surface area contributed by atoms with Crippen LogP contribution in [0.2, 0.25) is 0 Å². The maximum absolute atomic E-state index is 10.1. The summed E-state index contributed by atoms with van der Waals surface area (Å²) < 4.78 is 5.58. The molecule has 0 radical (unpaired) electrons. The van der Waals surface area contributed by atoms with Crippen molar-refractivity contribution in [2.24, 2.45) is 0 Å². The van der Waals surface area contributed by atoms with Gasteiger partial charge < -0.3 is 10.1 Å². The van der Waals surface area contributed by atoms with Gasteiger partial charge in [-0.2, -0.15) is 0 Å². The Morgan fingerprint density at radius 1 is 1.43 bits per heavy atom. The first-order valence-electron chi connectivity index (χ1n) is 4.73. The second kappa shape index (κ2) is 5.27. The van der Waals surface area contributed by atoms with Crippen LogP contribution in [0.4, 0.5) is 5.69 Å². The number of carbonyl (C=O) groups is 1. The van der Waals surface area contributed by atoms with Gasteiger partial charge >= 0.3 is 0 Å². The predicted octanol–water partition coefficient (Wildman–Crippen LogP) is 2.43. The third kappa shape index (κ3) is 3.09. The van der Waals surface area contributed by atoms with E-state index in [1.54, 1.807) is 0 Å². The molecule has 3 heteroatoms. The van der Waals surface area contributed by atoms with Crippen molar-refractivity contribution in [2.45, 2.75) is 26.4 Å². The molecule has 1 amide bonds. The van der Waals surface area contributed by atoms with Crippen LogP contribution >= 0.6 is 0 Å². The quantitative estimate of drug-likeness (QED) is 0.729. The summed E-state index contributed by atoms with van der Waals surface area (Å²) in [4.78, 5) is 10.1. The van der Waals surface area contributed by atoms with Gasteiger partial charge in [0.05, 0.1) is 6.10 Å². The molecule has 0 aliphatic rings. The Morgan fingerprint density at radius 3 is 2.57 bits per heavy atom. The topological polar surface area (TPSA) is 38.3 Å². The standard InChI is InChI=1S/C11H15NO2/c1-3-9(2)14-11-6-4-10(5-7-11)12-8-13/h4-9H,3H2,1-2H3,(H,12,13). The molecule has 0 bridgehead atoms. The Hall–Kier alpha value is -1.51. The van der Waals surface area contributed by atoms with E-state index in [4.69, 9.17) is 4.74 Å². The summed E-state index contributed by atoms with van der Waals surface area (Å²) in [5, 5.41) is 2.57. The van der Waals surface area contributed by atoms with Gasteiger partial charge in [0, 0.05) is 5.69 Å². The van der Waals surface area contributed by atoms with Gasteiger partial charge in [-0.15, -0.1) is 0 Å². The molecule has 0 saturated carbocycles. The lowest BCUT2D eigenvalue weighted by Crippen LogP contribution is -2.09. The van der Waals surface area contributed by atoms with Crippen molar-refractivity contribution in [1.82, 2.24) is 0 Å². The minimum atomic E-state index is 0.222. The number of ether oxygens (including phenoxy) is 1. The van der Waals surface area contributed by atoms with E-state index >= 15 is 0 Å². The van der Waals surface area contributed by atoms with Gasteiger partial charge in [-0.25, -0.2) is 0 Å². The summed E-state index contributed by atoms with van der Waals surface area (Å²) in [6.07, 6.45) is 1.86. The Kier molecular flexibility index (Phi) is 3.98. The number of carbonyl (C=O) groups excluding carboxylic acids is 1. The summed E-state index contributed by atoms with van der Waals surface area (Å²) in [5.74, 6) is 0.829. The molecule has 1 unspecified atom stereocenters. The van der Waals surface area contributed by atoms with Crippen molar-refractivity contribution in [1.29, 1.82) is 0 Å². The van der Waals surface area contributed by atoms with Gasteiger partial charge in [0.1, 0.15) is 5.75 Å². The molecule has 0 heterocycles. The molecule has 14 heavy (non-hydrogen) atoms. The Bertz CT molecular complexity index is 282. The highest BCUT2D eigenvalue weighted by Gasteiger charge is 2.00. The zero-order chi connectivity index (χ0) is 10.4. The fraction of sp³-hybridized carbons (Fsp3) is 0.364. The number of hydrogen-bond donors (Lipinski definition) is 1. The molecule has 1 N–H and O–H groups in total. The zero-order valence-electron chi connectivity index (χ0n) is 8.49. The first-order chi connectivity index (χ1) is 6.76. The van der Waals surface area contributed by atoms with Crippen molar-refractivity contribution in [2.75, 3.05) is 5.32 Å². The van der Waals surface area contributed by atoms with E-state index in [1.165, 1.54) is 0 Å². The van der Waals surface area contributed by atoms with E-state index in [1.807, 2.05) is 31.2 Å². The average Bonchev–Trinajstić information content (AvgIpc) is 2.21. The highest BCUT2D eigenvalue weighted by atomic mass is 16.5. The summed E-state index contributed by atoms with van der Waals surface area (Å²) >= 11 is 0. The molecule has 0 saturated heterocycles. The highest BCUT2D eigenvalue weighted by molar-refractivity contribution is 5.71. The highest BCUT2D eigenvalue weighted by Crippen LogP contribution is 2.16. The van der Waals surface area contributed by atoms with E-state index in [0.717, 1.165) is 17.9 Å². The summed E-state index contributed by atoms with van der Waals surface area (Å²) in [6.45, 7) is 4.10. The summed E-state index contributed by atoms with van der Waals surface area (Å²) in [5.41, 5.74) is 0.775. The van der Waals surface area contributed by atoms with Gasteiger partial charge in [0.2, 0.25) is 6.41 Å². The monoisotopic (exact) mass is 193 g/mol. The van der Waals surface area contributed by atoms with E-state index in [9.17, 15) is 4.79 Å². The third-order valence-electron chi connectivity index (χ3n) is 1.99. The minimum absolute atomic E-state index is 0.222. The van der Waals surface area contributed by atoms with Crippen LogP contribution in [-0.4, -0.2) is 12.5 Å². The fourth-order valence-electron chi connectivity index (χ4n) is 1.01. The molecule has 1 aromatic rings. The smallest absolute Gasteiger partial charge is 0.211 e. The van der Waals surface area contributed by atoms with E-state index in [0.29, 0.717) is 6.41 Å². The lowest BCUT2D eigenvalue weighted by atomic mass is 10.3. The molecule has 1 aromatic carbocycles. The molecule has 0 aromatic heterocycles. The number of rotatable bonds is 5. The minimum Gasteiger partial charge on any atom is -0.491 e. The number of anilines is 1. The van der Waals surface area contributed by atoms with Crippen LogP contribution in [0.5, 0.6) is 5.75 Å². The molecule has 1 rings (SSSR count). The van der Waals surface area contributed by atoms with Crippen molar-refractivity contribution in [3.63, 3.8) is 0 Å². The van der Waals surface area contributed by atoms with Crippen LogP contribution in [0.3, 0.4) is 0 Å². The first kappa shape index (κ1) is 10.6. The second-order valence-corrected chi connectivity index (χ2v) is 3.12. The molecule has 3 nitrogen and oxygen atoms in total. The van der Waals surface area contributed by atoms with Crippen LogP contribution < -0.4 is 10.1 Å². The molecule has 1 atom stereocenters. The summed E-state index contributed by atoms with van der Waals surface area (Å²) in [7, 11) is 0. The molecule has 0 aliphatic carbocycles. The molecule has 76 valence electrons. The van der Waals surface area contributed by atoms with Gasteiger partial charge in [-0.1, -0.05) is 6.92 Å². The third-order valence-corrected chi connectivity index (χ3v) is 1.99. The van der Waals surface area contributed by atoms with E-state index in [2.05, 4.69) is 12.2 Å². The SMILES string of the molecule is CCC(C)Oc1ccc(NC=O)cc1. The lowest BCUT2D eigenvalue weighted by Gasteiger charge is -2.12. The van der Waals surface area contributed by atoms with Crippen LogP contribution in [0.15, 0.2) is 24.3 Å². The first-order valence-corrected chi connectivity index (χ1v) is 4.73. The number of benzene rings is 1. The molecule has 0 spiro atoms. The molecule has 0 fully saturated rings. The predicted molar refractivity (Wildman–Crippen MR) is 56.5 cm³/mol. The zero-order valence-corrected chi connectivity index (χ0v) is 8.49. The number of nitrogens with one attached hydrogen (secondary N) is 1. The van der Waals surface area contributed by atoms with E-state index < -0.39 is 0 Å². The van der Waals surface area contributed by atoms with Gasteiger partial charge in [-0.05, 0) is 37.6 Å². The van der Waals surface area contributed by atoms with Crippen LogP contribution in [-0.2, 0) is 4.79 Å². The molecular weight excluding hydrogens is 178 g/mol. The van der Waals surface area contributed by atoms with Crippen molar-refractivity contribution in [3.8, 4) is 5.75 Å².